The molecule has 4 bridgehead atoms. The molecule has 3 aliphatic carbocycles. The zero-order valence-electron chi connectivity index (χ0n) is 29.1. The molecule has 1 aromatic carbocycles. The molecule has 0 amide bonds. The van der Waals surface area contributed by atoms with E-state index in [1.54, 1.807) is 0 Å². The molecule has 8 nitrogen and oxygen atoms in total. The number of rotatable bonds is 8. The van der Waals surface area contributed by atoms with E-state index in [1.165, 1.54) is 18.6 Å². The first kappa shape index (κ1) is 33.3. The third kappa shape index (κ3) is 4.68. The van der Waals surface area contributed by atoms with Gasteiger partial charge in [0.1, 0.15) is 28.4 Å². The summed E-state index contributed by atoms with van der Waals surface area (Å²) in [6.45, 7) is 17.4. The molecule has 2 N–H and O–H groups in total. The fraction of sp³-hybridized carbons (Fsp3) is 0.564. The van der Waals surface area contributed by atoms with Gasteiger partial charge >= 0.3 is 5.97 Å². The van der Waals surface area contributed by atoms with Gasteiger partial charge in [-0.15, -0.1) is 0 Å². The first-order valence-electron chi connectivity index (χ1n) is 16.9. The van der Waals surface area contributed by atoms with Crippen LogP contribution in [-0.4, -0.2) is 50.2 Å². The fourth-order valence-electron chi connectivity index (χ4n) is 9.14. The number of hydrogen-bond donors (Lipinski definition) is 2. The van der Waals surface area contributed by atoms with Crippen LogP contribution in [0.15, 0.2) is 41.0 Å². The standard InChI is InChI=1S/C39H48O8/c1-20(2)11-10-16-37(9)17-15-24-30(40)28-31(41)29-23(6)26-19-27-36(7,8)47-38(34(26)42,18-14-22(5)35(43)44)39(27,29)46-33(28)25(32(24)45-37)13-12-21(3)4/h11-12,14-15,17,23,26-27,29,40H,10,13,16,18-19H2,1-9H3,(H,43,44). The SMILES string of the molecule is CC(C)=CCCC1(C)C=Cc2c(O)c3c(c(CC=C(C)C)c2O1)OC12C(C3=O)C(C)C3CC1C(C)(C)OC2(CC=C(C)C(=O)O)C3=O. The minimum absolute atomic E-state index is 0.0336. The number of allylic oxidation sites excluding steroid dienone is 4. The van der Waals surface area contributed by atoms with Gasteiger partial charge in [-0.25, -0.2) is 4.79 Å². The Morgan fingerprint density at radius 2 is 1.68 bits per heavy atom. The van der Waals surface area contributed by atoms with Gasteiger partial charge in [0.05, 0.1) is 17.1 Å². The van der Waals surface area contributed by atoms with Crippen LogP contribution in [-0.2, 0) is 20.7 Å². The summed E-state index contributed by atoms with van der Waals surface area (Å²) in [7, 11) is 0. The van der Waals surface area contributed by atoms with Crippen molar-refractivity contribution in [1.29, 1.82) is 0 Å². The molecule has 8 heteroatoms. The van der Waals surface area contributed by atoms with Crippen molar-refractivity contribution in [3.05, 3.63) is 57.7 Å². The van der Waals surface area contributed by atoms with Gasteiger partial charge in [0.15, 0.2) is 22.8 Å². The van der Waals surface area contributed by atoms with Crippen molar-refractivity contribution < 1.29 is 38.8 Å². The summed E-state index contributed by atoms with van der Waals surface area (Å²) in [4.78, 5) is 41.4. The molecule has 1 spiro atoms. The summed E-state index contributed by atoms with van der Waals surface area (Å²) < 4.78 is 20.9. The van der Waals surface area contributed by atoms with Gasteiger partial charge in [0, 0.05) is 29.4 Å². The molecule has 6 aliphatic rings. The first-order valence-corrected chi connectivity index (χ1v) is 16.9. The van der Waals surface area contributed by atoms with E-state index < -0.39 is 40.2 Å². The Balaban J connectivity index is 1.60. The highest BCUT2D eigenvalue weighted by atomic mass is 16.6. The van der Waals surface area contributed by atoms with Crippen LogP contribution in [0.1, 0.15) is 109 Å². The molecule has 0 radical (unpaired) electrons. The fourth-order valence-corrected chi connectivity index (χ4v) is 9.14. The Hall–Kier alpha value is -3.65. The minimum Gasteiger partial charge on any atom is -0.506 e. The number of aliphatic carboxylic acids is 1. The second-order valence-corrected chi connectivity index (χ2v) is 15.6. The van der Waals surface area contributed by atoms with Gasteiger partial charge in [-0.2, -0.15) is 0 Å². The molecule has 1 saturated heterocycles. The van der Waals surface area contributed by atoms with Crippen molar-refractivity contribution in [1.82, 2.24) is 0 Å². The molecule has 252 valence electrons. The lowest BCUT2D eigenvalue weighted by molar-refractivity contribution is -0.209. The Labute approximate surface area is 277 Å². The van der Waals surface area contributed by atoms with Crippen LogP contribution >= 0.6 is 0 Å². The highest BCUT2D eigenvalue weighted by Gasteiger charge is 2.84. The predicted octanol–water partition coefficient (Wildman–Crippen LogP) is 7.57. The van der Waals surface area contributed by atoms with Crippen LogP contribution in [0.3, 0.4) is 0 Å². The Bertz CT molecular complexity index is 1700. The van der Waals surface area contributed by atoms with E-state index in [9.17, 15) is 24.6 Å². The zero-order valence-corrected chi connectivity index (χ0v) is 29.1. The van der Waals surface area contributed by atoms with Crippen LogP contribution in [0.2, 0.25) is 0 Å². The lowest BCUT2D eigenvalue weighted by Crippen LogP contribution is -2.78. The summed E-state index contributed by atoms with van der Waals surface area (Å²) in [5, 5.41) is 21.6. The van der Waals surface area contributed by atoms with E-state index in [1.807, 2.05) is 59.8 Å². The van der Waals surface area contributed by atoms with E-state index in [4.69, 9.17) is 14.2 Å². The normalized spacial score (nSPS) is 34.1. The van der Waals surface area contributed by atoms with Crippen molar-refractivity contribution in [2.24, 2.45) is 23.7 Å². The van der Waals surface area contributed by atoms with E-state index in [-0.39, 0.29) is 52.5 Å². The van der Waals surface area contributed by atoms with Crippen LogP contribution in [0, 0.1) is 23.7 Å². The van der Waals surface area contributed by atoms with Crippen LogP contribution in [0.25, 0.3) is 6.08 Å². The largest absolute Gasteiger partial charge is 0.506 e. The number of phenolic OH excluding ortho intramolecular Hbond substituents is 1. The third-order valence-electron chi connectivity index (χ3n) is 11.5. The van der Waals surface area contributed by atoms with Crippen molar-refractivity contribution in [2.75, 3.05) is 0 Å². The number of benzene rings is 1. The summed E-state index contributed by atoms with van der Waals surface area (Å²) in [6.07, 6.45) is 11.9. The van der Waals surface area contributed by atoms with Gasteiger partial charge in [0.2, 0.25) is 0 Å². The number of Topliss-reactive ketones (excluding diaryl/α,β-unsaturated/α-hetero) is 2. The number of carbonyl (C=O) groups excluding carboxylic acids is 2. The minimum atomic E-state index is -1.58. The molecule has 0 aromatic heterocycles. The van der Waals surface area contributed by atoms with Crippen molar-refractivity contribution in [3.8, 4) is 17.2 Å². The number of carboxylic acid groups (broad SMARTS) is 1. The van der Waals surface area contributed by atoms with E-state index in [0.717, 1.165) is 12.0 Å². The Kier molecular flexibility index (Phi) is 7.74. The lowest BCUT2D eigenvalue weighted by Gasteiger charge is -2.62. The first-order chi connectivity index (χ1) is 21.9. The number of carboxylic acids is 1. The van der Waals surface area contributed by atoms with E-state index in [2.05, 4.69) is 19.9 Å². The van der Waals surface area contributed by atoms with Gasteiger partial charge in [-0.05, 0) is 99.1 Å². The monoisotopic (exact) mass is 644 g/mol. The topological polar surface area (TPSA) is 119 Å². The van der Waals surface area contributed by atoms with Crippen molar-refractivity contribution >= 4 is 23.6 Å². The van der Waals surface area contributed by atoms with Crippen LogP contribution in [0.4, 0.5) is 0 Å². The number of fused-ring (bicyclic) bond motifs is 2. The van der Waals surface area contributed by atoms with Gasteiger partial charge in [-0.3, -0.25) is 9.59 Å². The van der Waals surface area contributed by atoms with Gasteiger partial charge in [-0.1, -0.05) is 36.3 Å². The van der Waals surface area contributed by atoms with Gasteiger partial charge in [0.25, 0.3) is 0 Å². The quantitative estimate of drug-likeness (QED) is 0.220. The average molecular weight is 645 g/mol. The average Bonchev–Trinajstić information content (AvgIpc) is 3.10. The lowest BCUT2D eigenvalue weighted by atomic mass is 9.43. The van der Waals surface area contributed by atoms with Gasteiger partial charge < -0.3 is 24.4 Å². The number of aromatic hydroxyl groups is 1. The summed E-state index contributed by atoms with van der Waals surface area (Å²) in [5.74, 6) is -2.92. The molecule has 7 rings (SSSR count). The van der Waals surface area contributed by atoms with E-state index in [0.29, 0.717) is 36.1 Å². The molecule has 7 atom stereocenters. The Morgan fingerprint density at radius 3 is 2.32 bits per heavy atom. The maximum atomic E-state index is 15.0. The molecule has 47 heavy (non-hydrogen) atoms. The third-order valence-corrected chi connectivity index (χ3v) is 11.5. The molecule has 1 aromatic rings. The van der Waals surface area contributed by atoms with Crippen molar-refractivity contribution in [3.63, 3.8) is 0 Å². The smallest absolute Gasteiger partial charge is 0.330 e. The Morgan fingerprint density at radius 1 is 1.00 bits per heavy atom. The highest BCUT2D eigenvalue weighted by molar-refractivity contribution is 6.10. The molecule has 3 aliphatic heterocycles. The maximum absolute atomic E-state index is 15.0. The molecule has 7 unspecified atom stereocenters. The molecule has 4 fully saturated rings. The van der Waals surface area contributed by atoms with Crippen LogP contribution < -0.4 is 9.47 Å². The maximum Gasteiger partial charge on any atom is 0.330 e. The van der Waals surface area contributed by atoms with E-state index >= 15 is 0 Å². The van der Waals surface area contributed by atoms with Crippen molar-refractivity contribution in [2.45, 2.75) is 117 Å². The molecular formula is C39H48O8. The summed E-state index contributed by atoms with van der Waals surface area (Å²) in [6, 6.07) is 0. The molecular weight excluding hydrogens is 596 g/mol. The molecule has 3 saturated carbocycles. The zero-order chi connectivity index (χ0) is 34.4. The number of ether oxygens (including phenoxy) is 3. The predicted molar refractivity (Wildman–Crippen MR) is 179 cm³/mol. The van der Waals surface area contributed by atoms with Crippen LogP contribution in [0.5, 0.6) is 17.2 Å². The summed E-state index contributed by atoms with van der Waals surface area (Å²) >= 11 is 0. The number of ketones is 2. The summed E-state index contributed by atoms with van der Waals surface area (Å²) in [5.41, 5.74) is -0.908. The number of phenols is 1. The number of hydrogen-bond acceptors (Lipinski definition) is 7. The highest BCUT2D eigenvalue weighted by Crippen LogP contribution is 2.71. The second-order valence-electron chi connectivity index (χ2n) is 15.6. The second kappa shape index (κ2) is 10.9. The number of carbonyl (C=O) groups is 3. The molecule has 3 heterocycles.